The van der Waals surface area contributed by atoms with Crippen molar-refractivity contribution in [1.82, 2.24) is 0 Å². The first-order valence-electron chi connectivity index (χ1n) is 5.16. The van der Waals surface area contributed by atoms with Crippen molar-refractivity contribution < 1.29 is 5.21 Å². The van der Waals surface area contributed by atoms with Gasteiger partial charge in [0.25, 0.3) is 0 Å². The second-order valence-corrected chi connectivity index (χ2v) is 3.93. The topological polar surface area (TPSA) is 32.6 Å². The van der Waals surface area contributed by atoms with Crippen molar-refractivity contribution in [3.8, 4) is 0 Å². The van der Waals surface area contributed by atoms with E-state index in [1.807, 2.05) is 42.5 Å². The highest BCUT2D eigenvalue weighted by Crippen LogP contribution is 2.06. The van der Waals surface area contributed by atoms with Gasteiger partial charge in [0.1, 0.15) is 0 Å². The molecule has 15 heavy (non-hydrogen) atoms. The average molecular weight is 203 g/mol. The predicted octanol–water partition coefficient (Wildman–Crippen LogP) is 3.58. The lowest BCUT2D eigenvalue weighted by Gasteiger charge is -2.02. The molecule has 1 aromatic carbocycles. The summed E-state index contributed by atoms with van der Waals surface area (Å²) in [5, 5.41) is 12.1. The van der Waals surface area contributed by atoms with Crippen LogP contribution in [0.15, 0.2) is 41.6 Å². The van der Waals surface area contributed by atoms with Gasteiger partial charge in [0.15, 0.2) is 0 Å². The molecule has 0 saturated heterocycles. The quantitative estimate of drug-likeness (QED) is 0.453. The van der Waals surface area contributed by atoms with Crippen LogP contribution in [0.5, 0.6) is 0 Å². The summed E-state index contributed by atoms with van der Waals surface area (Å²) < 4.78 is 0. The van der Waals surface area contributed by atoms with E-state index in [1.54, 1.807) is 0 Å². The Morgan fingerprint density at radius 3 is 2.53 bits per heavy atom. The van der Waals surface area contributed by atoms with Gasteiger partial charge in [-0.3, -0.25) is 0 Å². The Hall–Kier alpha value is -1.57. The maximum atomic E-state index is 8.79. The van der Waals surface area contributed by atoms with Crippen LogP contribution < -0.4 is 0 Å². The third kappa shape index (κ3) is 4.45. The minimum absolute atomic E-state index is 0.497. The molecule has 0 heterocycles. The van der Waals surface area contributed by atoms with E-state index in [4.69, 9.17) is 5.21 Å². The molecule has 0 aliphatic carbocycles. The van der Waals surface area contributed by atoms with Crippen LogP contribution in [0.25, 0.3) is 6.08 Å². The third-order valence-electron chi connectivity index (χ3n) is 2.01. The lowest BCUT2D eigenvalue weighted by atomic mass is 10.1. The lowest BCUT2D eigenvalue weighted by molar-refractivity contribution is 0.317. The SMILES string of the molecule is CC(C)CC(C=Cc1ccccc1)=NO. The minimum atomic E-state index is 0.497. The van der Waals surface area contributed by atoms with E-state index in [-0.39, 0.29) is 0 Å². The zero-order valence-electron chi connectivity index (χ0n) is 9.22. The van der Waals surface area contributed by atoms with Crippen molar-refractivity contribution >= 4 is 11.8 Å². The Kier molecular flexibility index (Phi) is 4.61. The summed E-state index contributed by atoms with van der Waals surface area (Å²) in [4.78, 5) is 0. The summed E-state index contributed by atoms with van der Waals surface area (Å²) in [6, 6.07) is 9.98. The summed E-state index contributed by atoms with van der Waals surface area (Å²) in [5.74, 6) is 0.497. The Morgan fingerprint density at radius 2 is 2.00 bits per heavy atom. The highest BCUT2D eigenvalue weighted by molar-refractivity contribution is 5.97. The molecule has 0 fully saturated rings. The largest absolute Gasteiger partial charge is 0.411 e. The summed E-state index contributed by atoms with van der Waals surface area (Å²) in [6.45, 7) is 4.20. The molecule has 2 heteroatoms. The Bertz CT molecular complexity index is 339. The van der Waals surface area contributed by atoms with Gasteiger partial charge >= 0.3 is 0 Å². The molecule has 0 spiro atoms. The van der Waals surface area contributed by atoms with Gasteiger partial charge in [0.2, 0.25) is 0 Å². The molecule has 0 unspecified atom stereocenters. The van der Waals surface area contributed by atoms with Gasteiger partial charge in [-0.05, 0) is 24.0 Å². The van der Waals surface area contributed by atoms with Gasteiger partial charge in [-0.1, -0.05) is 55.4 Å². The molecule has 0 aliphatic rings. The number of oxime groups is 1. The summed E-state index contributed by atoms with van der Waals surface area (Å²) in [5.41, 5.74) is 1.83. The van der Waals surface area contributed by atoms with Crippen LogP contribution >= 0.6 is 0 Å². The van der Waals surface area contributed by atoms with E-state index >= 15 is 0 Å². The number of benzene rings is 1. The first-order valence-corrected chi connectivity index (χ1v) is 5.16. The third-order valence-corrected chi connectivity index (χ3v) is 2.01. The van der Waals surface area contributed by atoms with Gasteiger partial charge in [-0.2, -0.15) is 0 Å². The second kappa shape index (κ2) is 6.02. The normalized spacial score (nSPS) is 12.6. The van der Waals surface area contributed by atoms with Gasteiger partial charge in [-0.25, -0.2) is 0 Å². The monoisotopic (exact) mass is 203 g/mol. The number of rotatable bonds is 4. The molecule has 80 valence electrons. The first-order chi connectivity index (χ1) is 7.22. The second-order valence-electron chi connectivity index (χ2n) is 3.93. The van der Waals surface area contributed by atoms with Crippen LogP contribution in [-0.2, 0) is 0 Å². The number of allylic oxidation sites excluding steroid dienone is 1. The van der Waals surface area contributed by atoms with Crippen LogP contribution in [-0.4, -0.2) is 10.9 Å². The highest BCUT2D eigenvalue weighted by Gasteiger charge is 1.99. The molecule has 0 saturated carbocycles. The maximum Gasteiger partial charge on any atom is 0.0798 e. The zero-order valence-corrected chi connectivity index (χ0v) is 9.22. The number of nitrogens with zero attached hydrogens (tertiary/aromatic N) is 1. The Balaban J connectivity index is 2.64. The fourth-order valence-electron chi connectivity index (χ4n) is 1.32. The molecule has 0 aromatic heterocycles. The summed E-state index contributed by atoms with van der Waals surface area (Å²) in [6.07, 6.45) is 4.60. The Morgan fingerprint density at radius 1 is 1.33 bits per heavy atom. The fourth-order valence-corrected chi connectivity index (χ4v) is 1.32. The Labute approximate surface area is 90.9 Å². The smallest absolute Gasteiger partial charge is 0.0798 e. The van der Waals surface area contributed by atoms with Crippen LogP contribution in [0.3, 0.4) is 0 Å². The highest BCUT2D eigenvalue weighted by atomic mass is 16.4. The molecule has 0 atom stereocenters. The molecular formula is C13H17NO. The van der Waals surface area contributed by atoms with Crippen LogP contribution in [0.2, 0.25) is 0 Å². The summed E-state index contributed by atoms with van der Waals surface area (Å²) >= 11 is 0. The van der Waals surface area contributed by atoms with E-state index < -0.39 is 0 Å². The first kappa shape index (κ1) is 11.5. The van der Waals surface area contributed by atoms with E-state index in [0.717, 1.165) is 12.0 Å². The van der Waals surface area contributed by atoms with Crippen molar-refractivity contribution in [2.45, 2.75) is 20.3 Å². The van der Waals surface area contributed by atoms with E-state index in [0.29, 0.717) is 11.6 Å². The van der Waals surface area contributed by atoms with E-state index in [9.17, 15) is 0 Å². The van der Waals surface area contributed by atoms with Gasteiger partial charge in [0, 0.05) is 0 Å². The average Bonchev–Trinajstić information content (AvgIpc) is 2.25. The molecule has 0 amide bonds. The molecular weight excluding hydrogens is 186 g/mol. The minimum Gasteiger partial charge on any atom is -0.411 e. The molecule has 2 nitrogen and oxygen atoms in total. The van der Waals surface area contributed by atoms with Gasteiger partial charge in [0.05, 0.1) is 5.71 Å². The molecule has 1 N–H and O–H groups in total. The molecule has 1 aromatic rings. The van der Waals surface area contributed by atoms with Crippen molar-refractivity contribution in [2.24, 2.45) is 11.1 Å². The standard InChI is InChI=1S/C13H17NO/c1-11(2)10-13(14-15)9-8-12-6-4-3-5-7-12/h3-9,11,15H,10H2,1-2H3. The molecule has 0 bridgehead atoms. The van der Waals surface area contributed by atoms with Crippen LogP contribution in [0, 0.1) is 5.92 Å². The van der Waals surface area contributed by atoms with Crippen molar-refractivity contribution in [1.29, 1.82) is 0 Å². The van der Waals surface area contributed by atoms with E-state index in [1.165, 1.54) is 0 Å². The molecule has 0 radical (unpaired) electrons. The van der Waals surface area contributed by atoms with Crippen LogP contribution in [0.1, 0.15) is 25.8 Å². The lowest BCUT2D eigenvalue weighted by Crippen LogP contribution is -1.99. The number of hydrogen-bond donors (Lipinski definition) is 1. The predicted molar refractivity (Wildman–Crippen MR) is 64.2 cm³/mol. The molecule has 1 rings (SSSR count). The fraction of sp³-hybridized carbons (Fsp3) is 0.308. The maximum absolute atomic E-state index is 8.79. The zero-order chi connectivity index (χ0) is 11.1. The molecule has 0 aliphatic heterocycles. The van der Waals surface area contributed by atoms with Crippen molar-refractivity contribution in [2.75, 3.05) is 0 Å². The van der Waals surface area contributed by atoms with E-state index in [2.05, 4.69) is 19.0 Å². The van der Waals surface area contributed by atoms with Gasteiger partial charge in [-0.15, -0.1) is 0 Å². The number of hydrogen-bond acceptors (Lipinski definition) is 2. The van der Waals surface area contributed by atoms with Crippen LogP contribution in [0.4, 0.5) is 0 Å². The summed E-state index contributed by atoms with van der Waals surface area (Å²) in [7, 11) is 0. The van der Waals surface area contributed by atoms with Crippen molar-refractivity contribution in [3.05, 3.63) is 42.0 Å². The van der Waals surface area contributed by atoms with Gasteiger partial charge < -0.3 is 5.21 Å². The van der Waals surface area contributed by atoms with Crippen molar-refractivity contribution in [3.63, 3.8) is 0 Å².